The predicted octanol–water partition coefficient (Wildman–Crippen LogP) is 2.91. The predicted molar refractivity (Wildman–Crippen MR) is 88.6 cm³/mol. The van der Waals surface area contributed by atoms with Gasteiger partial charge in [0.15, 0.2) is 0 Å². The lowest BCUT2D eigenvalue weighted by Crippen LogP contribution is -2.21. The van der Waals surface area contributed by atoms with Crippen molar-refractivity contribution >= 4 is 31.8 Å². The van der Waals surface area contributed by atoms with Crippen LogP contribution < -0.4 is 5.56 Å². The summed E-state index contributed by atoms with van der Waals surface area (Å²) in [5, 5.41) is 4.30. The lowest BCUT2D eigenvalue weighted by atomic mass is 10.1. The van der Waals surface area contributed by atoms with Crippen LogP contribution in [0.1, 0.15) is 11.3 Å². The van der Waals surface area contributed by atoms with Crippen molar-refractivity contribution < 1.29 is 4.74 Å². The maximum absolute atomic E-state index is 12.6. The van der Waals surface area contributed by atoms with Gasteiger partial charge in [0.2, 0.25) is 0 Å². The number of hydrogen-bond acceptors (Lipinski definition) is 6. The zero-order chi connectivity index (χ0) is 16.4. The Morgan fingerprint density at radius 2 is 2.30 bits per heavy atom. The molecule has 0 aliphatic heterocycles. The summed E-state index contributed by atoms with van der Waals surface area (Å²) >= 11 is 1.35. The van der Waals surface area contributed by atoms with E-state index in [9.17, 15) is 4.79 Å². The Balaban J connectivity index is 1.99. The van der Waals surface area contributed by atoms with Gasteiger partial charge in [0.25, 0.3) is 5.56 Å². The summed E-state index contributed by atoms with van der Waals surface area (Å²) in [4.78, 5) is 24.9. The first-order chi connectivity index (χ1) is 11.1. The molecule has 0 aliphatic carbocycles. The number of fused-ring (bicyclic) bond motifs is 3. The molecule has 0 spiro atoms. The molecule has 0 amide bonds. The van der Waals surface area contributed by atoms with E-state index in [-0.39, 0.29) is 25.4 Å². The van der Waals surface area contributed by atoms with Crippen molar-refractivity contribution in [3.63, 3.8) is 0 Å². The Morgan fingerprint density at radius 1 is 1.48 bits per heavy atom. The minimum atomic E-state index is -0.154. The van der Waals surface area contributed by atoms with Gasteiger partial charge in [0, 0.05) is 22.5 Å². The normalized spacial score (nSPS) is 11.0. The van der Waals surface area contributed by atoms with Gasteiger partial charge < -0.3 is 4.74 Å². The Labute approximate surface area is 135 Å². The molecule has 0 atom stereocenters. The summed E-state index contributed by atoms with van der Waals surface area (Å²) in [6.45, 7) is 4.48. The second-order valence-electron chi connectivity index (χ2n) is 5.05. The maximum Gasteiger partial charge on any atom is 0.273 e. The highest BCUT2D eigenvalue weighted by molar-refractivity contribution is 7.25. The molecule has 0 saturated heterocycles. The van der Waals surface area contributed by atoms with Gasteiger partial charge in [-0.3, -0.25) is 9.36 Å². The highest BCUT2D eigenvalue weighted by Crippen LogP contribution is 2.31. The van der Waals surface area contributed by atoms with Crippen molar-refractivity contribution in [2.75, 3.05) is 13.2 Å². The van der Waals surface area contributed by atoms with Gasteiger partial charge in [-0.05, 0) is 31.0 Å². The number of azide groups is 1. The molecule has 0 radical (unpaired) electrons. The topological polar surface area (TPSA) is 106 Å². The molecular formula is C14H14N6O2S. The van der Waals surface area contributed by atoms with Crippen molar-refractivity contribution in [2.24, 2.45) is 5.11 Å². The smallest absolute Gasteiger partial charge is 0.273 e. The van der Waals surface area contributed by atoms with Crippen LogP contribution >= 0.6 is 11.3 Å². The maximum atomic E-state index is 12.6. The number of ether oxygens (including phenoxy) is 1. The Bertz CT molecular complexity index is 986. The zero-order valence-corrected chi connectivity index (χ0v) is 13.5. The van der Waals surface area contributed by atoms with Gasteiger partial charge in [-0.2, -0.15) is 0 Å². The van der Waals surface area contributed by atoms with E-state index in [0.717, 1.165) is 21.5 Å². The third-order valence-corrected chi connectivity index (χ3v) is 4.43. The van der Waals surface area contributed by atoms with E-state index in [2.05, 4.69) is 20.0 Å². The van der Waals surface area contributed by atoms with Crippen LogP contribution in [0, 0.1) is 13.8 Å². The van der Waals surface area contributed by atoms with Crippen LogP contribution in [0.15, 0.2) is 22.3 Å². The number of nitrogens with zero attached hydrogens (tertiary/aromatic N) is 6. The van der Waals surface area contributed by atoms with Crippen LogP contribution in [-0.4, -0.2) is 27.7 Å². The monoisotopic (exact) mass is 330 g/mol. The quantitative estimate of drug-likeness (QED) is 0.310. The molecule has 8 nitrogen and oxygen atoms in total. The molecule has 0 saturated carbocycles. The van der Waals surface area contributed by atoms with Crippen LogP contribution in [0.5, 0.6) is 0 Å². The average molecular weight is 330 g/mol. The zero-order valence-electron chi connectivity index (χ0n) is 12.7. The van der Waals surface area contributed by atoms with Crippen molar-refractivity contribution in [3.05, 3.63) is 44.4 Å². The summed E-state index contributed by atoms with van der Waals surface area (Å²) in [6.07, 6.45) is 1.48. The van der Waals surface area contributed by atoms with Crippen molar-refractivity contribution in [1.82, 2.24) is 14.5 Å². The molecule has 0 aliphatic rings. The number of pyridine rings is 1. The lowest BCUT2D eigenvalue weighted by molar-refractivity contribution is 0.0805. The van der Waals surface area contributed by atoms with E-state index in [1.54, 1.807) is 0 Å². The van der Waals surface area contributed by atoms with Crippen LogP contribution in [0.25, 0.3) is 30.9 Å². The van der Waals surface area contributed by atoms with Crippen molar-refractivity contribution in [2.45, 2.75) is 20.6 Å². The van der Waals surface area contributed by atoms with Gasteiger partial charge in [0.05, 0.1) is 12.1 Å². The number of hydrogen-bond donors (Lipinski definition) is 0. The summed E-state index contributed by atoms with van der Waals surface area (Å²) in [5.74, 6) is 0. The fourth-order valence-electron chi connectivity index (χ4n) is 2.41. The Kier molecular flexibility index (Phi) is 4.24. The van der Waals surface area contributed by atoms with E-state index < -0.39 is 0 Å². The fourth-order valence-corrected chi connectivity index (χ4v) is 3.61. The van der Waals surface area contributed by atoms with Crippen LogP contribution in [0.2, 0.25) is 0 Å². The van der Waals surface area contributed by atoms with Crippen molar-refractivity contribution in [1.29, 1.82) is 0 Å². The minimum absolute atomic E-state index is 0.0718. The molecule has 3 aromatic rings. The molecule has 118 valence electrons. The molecule has 0 fully saturated rings. The molecule has 0 bridgehead atoms. The Morgan fingerprint density at radius 3 is 3.09 bits per heavy atom. The highest BCUT2D eigenvalue weighted by atomic mass is 32.1. The van der Waals surface area contributed by atoms with E-state index in [4.69, 9.17) is 10.3 Å². The van der Waals surface area contributed by atoms with Gasteiger partial charge in [-0.1, -0.05) is 5.11 Å². The van der Waals surface area contributed by atoms with Gasteiger partial charge in [-0.15, -0.1) is 11.3 Å². The number of rotatable bonds is 5. The summed E-state index contributed by atoms with van der Waals surface area (Å²) in [7, 11) is 0. The van der Waals surface area contributed by atoms with Gasteiger partial charge in [-0.25, -0.2) is 9.97 Å². The molecule has 3 rings (SSSR count). The third kappa shape index (κ3) is 2.89. The average Bonchev–Trinajstić information content (AvgIpc) is 2.88. The first-order valence-electron chi connectivity index (χ1n) is 6.96. The van der Waals surface area contributed by atoms with E-state index in [1.807, 2.05) is 19.9 Å². The second-order valence-corrected chi connectivity index (χ2v) is 6.05. The van der Waals surface area contributed by atoms with Crippen LogP contribution in [0.3, 0.4) is 0 Å². The standard InChI is InChI=1S/C14H14N6O2S/c1-8-5-9(2)18-13-10(8)11-12(23-13)14(21)20(6-16-11)7-22-4-3-17-19-15/h5-6H,3-4,7H2,1-2H3. The molecular weight excluding hydrogens is 316 g/mol. The SMILES string of the molecule is Cc1cc(C)c2c(n1)sc1c(=O)n(COCCN=[N+]=[N-])cnc12. The fraction of sp³-hybridized carbons (Fsp3) is 0.357. The molecule has 23 heavy (non-hydrogen) atoms. The van der Waals surface area contributed by atoms with E-state index in [1.165, 1.54) is 22.2 Å². The molecule has 3 aromatic heterocycles. The second kappa shape index (κ2) is 6.33. The molecule has 9 heteroatoms. The molecule has 0 aromatic carbocycles. The first kappa shape index (κ1) is 15.4. The molecule has 0 unspecified atom stereocenters. The highest BCUT2D eigenvalue weighted by Gasteiger charge is 2.14. The largest absolute Gasteiger partial charge is 0.360 e. The molecule has 0 N–H and O–H groups in total. The third-order valence-electron chi connectivity index (χ3n) is 3.37. The van der Waals surface area contributed by atoms with Crippen molar-refractivity contribution in [3.8, 4) is 0 Å². The Hall–Kier alpha value is -2.48. The van der Waals surface area contributed by atoms with E-state index >= 15 is 0 Å². The number of aryl methyl sites for hydroxylation is 2. The van der Waals surface area contributed by atoms with Gasteiger partial charge >= 0.3 is 0 Å². The van der Waals surface area contributed by atoms with E-state index in [0.29, 0.717) is 10.2 Å². The lowest BCUT2D eigenvalue weighted by Gasteiger charge is -2.05. The van der Waals surface area contributed by atoms with Crippen LogP contribution in [-0.2, 0) is 11.5 Å². The number of aromatic nitrogens is 3. The minimum Gasteiger partial charge on any atom is -0.360 e. The summed E-state index contributed by atoms with van der Waals surface area (Å²) in [5.41, 5.74) is 10.7. The molecule has 3 heterocycles. The summed E-state index contributed by atoms with van der Waals surface area (Å²) < 4.78 is 7.29. The van der Waals surface area contributed by atoms with Crippen LogP contribution in [0.4, 0.5) is 0 Å². The number of thiophene rings is 1. The van der Waals surface area contributed by atoms with Gasteiger partial charge in [0.1, 0.15) is 22.6 Å². The summed E-state index contributed by atoms with van der Waals surface area (Å²) in [6, 6.07) is 1.99. The first-order valence-corrected chi connectivity index (χ1v) is 7.78.